The van der Waals surface area contributed by atoms with Crippen LogP contribution in [0.2, 0.25) is 0 Å². The summed E-state index contributed by atoms with van der Waals surface area (Å²) in [4.78, 5) is 131. The minimum atomic E-state index is -0.958. The summed E-state index contributed by atoms with van der Waals surface area (Å²) in [5, 5.41) is 21.9. The van der Waals surface area contributed by atoms with Crippen LogP contribution >= 0.6 is 54.0 Å². The lowest BCUT2D eigenvalue weighted by Crippen LogP contribution is -2.47. The highest BCUT2D eigenvalue weighted by atomic mass is 32.1. The van der Waals surface area contributed by atoms with Gasteiger partial charge < -0.3 is 69.1 Å². The van der Waals surface area contributed by atoms with Crippen molar-refractivity contribution in [3.8, 4) is 0 Å². The molecule has 1 aliphatic carbocycles. The maximum atomic E-state index is 14.1. The number of ether oxygens (including phenoxy) is 5. The van der Waals surface area contributed by atoms with E-state index >= 15 is 0 Å². The molecule has 1 fully saturated rings. The van der Waals surface area contributed by atoms with E-state index in [0.29, 0.717) is 88.0 Å². The van der Waals surface area contributed by atoms with Crippen molar-refractivity contribution < 1.29 is 75.3 Å². The fourth-order valence-corrected chi connectivity index (χ4v) is 17.0. The number of carbonyl (C=O) groups excluding carboxylic acids is 8. The average molecular weight is 1920 g/mol. The lowest BCUT2D eigenvalue weighted by molar-refractivity contribution is -0.128. The molecule has 7 aromatic rings. The van der Waals surface area contributed by atoms with E-state index in [2.05, 4.69) is 51.6 Å². The van der Waals surface area contributed by atoms with E-state index in [9.17, 15) is 47.1 Å². The van der Waals surface area contributed by atoms with Gasteiger partial charge in [0, 0.05) is 73.6 Å². The van der Waals surface area contributed by atoms with Crippen molar-refractivity contribution in [1.29, 1.82) is 0 Å². The maximum absolute atomic E-state index is 14.1. The average Bonchev–Trinajstić information content (AvgIpc) is 1.61. The van der Waals surface area contributed by atoms with Crippen molar-refractivity contribution in [3.63, 3.8) is 0 Å². The van der Waals surface area contributed by atoms with Crippen molar-refractivity contribution >= 4 is 125 Å². The van der Waals surface area contributed by atoms with E-state index < -0.39 is 76.1 Å². The number of carbonyl (C=O) groups is 8. The van der Waals surface area contributed by atoms with Crippen LogP contribution < -0.4 is 21.3 Å². The summed E-state index contributed by atoms with van der Waals surface area (Å²) in [6.45, 7) is 22.0. The molecule has 0 saturated heterocycles. The number of fused-ring (bicyclic) bond motifs is 1. The quantitative estimate of drug-likeness (QED) is 0.0394. The van der Waals surface area contributed by atoms with Crippen molar-refractivity contribution in [2.45, 2.75) is 147 Å². The van der Waals surface area contributed by atoms with Gasteiger partial charge in [-0.1, -0.05) is 139 Å². The monoisotopic (exact) mass is 1920 g/mol. The van der Waals surface area contributed by atoms with Gasteiger partial charge in [-0.15, -0.1) is 0 Å². The number of rotatable bonds is 22. The Morgan fingerprint density at radius 2 is 0.828 bits per heavy atom. The molecule has 5 atom stereocenters. The lowest BCUT2D eigenvalue weighted by Gasteiger charge is -2.35. The summed E-state index contributed by atoms with van der Waals surface area (Å²) in [7, 11) is 17.0. The van der Waals surface area contributed by atoms with Crippen LogP contribution in [-0.2, 0) is 45.4 Å². The zero-order chi connectivity index (χ0) is 93.8. The van der Waals surface area contributed by atoms with Crippen molar-refractivity contribution in [2.24, 2.45) is 20.9 Å². The molecule has 8 aliphatic rings. The number of anilines is 1. The second-order valence-corrected chi connectivity index (χ2v) is 36.3. The third-order valence-electron chi connectivity index (χ3n) is 24.7. The molecule has 724 valence electrons. The number of nitrogens with one attached hydrogen (secondary N) is 5. The second kappa shape index (κ2) is 46.8. The van der Waals surface area contributed by atoms with Gasteiger partial charge in [0.05, 0.1) is 85.4 Å². The first kappa shape index (κ1) is 108. The predicted octanol–water partition coefficient (Wildman–Crippen LogP) is 13.4. The van der Waals surface area contributed by atoms with Crippen LogP contribution in [0.5, 0.6) is 0 Å². The van der Waals surface area contributed by atoms with Crippen molar-refractivity contribution in [1.82, 2.24) is 70.5 Å². The molecule has 0 bridgehead atoms. The largest absolute Gasteiger partial charge is 0.440 e. The molecule has 32 nitrogen and oxygen atoms in total. The summed E-state index contributed by atoms with van der Waals surface area (Å²) in [5.41, 5.74) is 7.97. The van der Waals surface area contributed by atoms with E-state index in [1.807, 2.05) is 253 Å². The zero-order valence-corrected chi connectivity index (χ0v) is 83.3. The minimum Gasteiger partial charge on any atom is -0.440 e. The molecular formula is C96H128F2N18O14S4. The van der Waals surface area contributed by atoms with Crippen LogP contribution in [0.4, 0.5) is 33.8 Å². The number of benzene rings is 5. The van der Waals surface area contributed by atoms with Gasteiger partial charge in [0.15, 0.2) is 5.82 Å². The molecule has 1 saturated carbocycles. The molecule has 2 aromatic heterocycles. The van der Waals surface area contributed by atoms with Crippen LogP contribution in [0, 0.1) is 17.6 Å². The van der Waals surface area contributed by atoms with Crippen LogP contribution in [0.25, 0.3) is 0 Å². The van der Waals surface area contributed by atoms with Crippen LogP contribution in [-0.4, -0.2) is 272 Å². The molecule has 1 unspecified atom stereocenters. The Bertz CT molecular complexity index is 5480. The molecule has 15 rings (SSSR count). The van der Waals surface area contributed by atoms with Gasteiger partial charge >= 0.3 is 24.4 Å². The molecule has 7 aliphatic heterocycles. The number of methoxy groups -OCH3 is 1. The van der Waals surface area contributed by atoms with Gasteiger partial charge in [-0.3, -0.25) is 58.9 Å². The van der Waals surface area contributed by atoms with Crippen molar-refractivity contribution in [2.75, 3.05) is 134 Å². The highest BCUT2D eigenvalue weighted by Gasteiger charge is 2.52. The number of aliphatic imine (C=N–C) groups is 3. The van der Waals surface area contributed by atoms with Crippen molar-refractivity contribution in [3.05, 3.63) is 242 Å². The van der Waals surface area contributed by atoms with Gasteiger partial charge in [-0.25, -0.2) is 28.0 Å². The Kier molecular flexibility index (Phi) is 37.8. The van der Waals surface area contributed by atoms with Gasteiger partial charge in [0.25, 0.3) is 17.7 Å². The first-order chi connectivity index (χ1) is 61.8. The third-order valence-corrected chi connectivity index (χ3v) is 24.7. The molecule has 9 heterocycles. The first-order valence-electron chi connectivity index (χ1n) is 43.5. The van der Waals surface area contributed by atoms with E-state index in [1.165, 1.54) is 19.4 Å². The smallest absolute Gasteiger partial charge is 0.411 e. The number of hydrogen-bond donors (Lipinski definition) is 5. The van der Waals surface area contributed by atoms with E-state index in [-0.39, 0.29) is 126 Å². The Morgan fingerprint density at radius 1 is 0.470 bits per heavy atom. The number of amidine groups is 3. The number of likely N-dealkylation sites (N-methyl/N-ethyl adjacent to an activating group) is 4. The predicted molar refractivity (Wildman–Crippen MR) is 529 cm³/mol. The number of aromatic amines is 1. The SMILES string of the molecule is CN(C)CC(OC(=O)N1CC2=C(CN=C2NC(=O)c2ccc(F)cc2F)C1(C)C)c1ccccc1.CN(C)C[C@@H](OC(=O)N1CC2=C(CN=C2NC(=O)C2CCCC2)C1(C)C)c1ccccc1.CN(C)C[C@@H](OC(=O)N1Cc2c(NC(=O)c3ccno3)n[nH]c2C1(C)C)c1ccccc1.CO[C@@H](C)C(=O)NC1=NCC2=C1CN(C(=O)O[C@H](CN(C)C)c1ccccc1)C2(C)C.S.S.S.S. The molecule has 5 N–H and O–H groups in total. The number of halogens is 2. The lowest BCUT2D eigenvalue weighted by atomic mass is 9.94. The number of hydrogen-bond acceptors (Lipinski definition) is 23. The summed E-state index contributed by atoms with van der Waals surface area (Å²) in [5.74, 6) is -1.20. The van der Waals surface area contributed by atoms with E-state index in [4.69, 9.17) is 28.2 Å². The minimum absolute atomic E-state index is 0. The molecule has 8 amide bonds. The summed E-state index contributed by atoms with van der Waals surface area (Å²) < 4.78 is 61.1. The molecule has 0 spiro atoms. The maximum Gasteiger partial charge on any atom is 0.411 e. The van der Waals surface area contributed by atoms with E-state index in [0.717, 1.165) is 99.2 Å². The molecule has 134 heavy (non-hydrogen) atoms. The van der Waals surface area contributed by atoms with Crippen LogP contribution in [0.1, 0.15) is 167 Å². The molecule has 5 aromatic carbocycles. The van der Waals surface area contributed by atoms with E-state index in [1.54, 1.807) is 26.5 Å². The Labute approximate surface area is 810 Å². The molecule has 0 radical (unpaired) electrons. The standard InChI is InChI=1S/C26H28F2N4O3.C25H34N4O3.C23H32N4O4.C22H26N6O4.4H2S/c1-26(2)20-13-29-23(30-24(33)18-11-10-17(27)12-21(18)28)19(20)14-32(26)25(34)35-22(15-31(3)4)16-8-6-5-7-9-16;1-25(2)20-14-26-22(27-23(30)18-12-8-9-13-18)19(20)15-29(25)24(31)32-21(16-28(3)4)17-10-6-5-7-11-17;1-15(30-6)21(28)25-20-17-13-27(23(2,3)18(17)12-24-20)22(29)31-19(14-26(4)5)16-10-8-7-9-11-16;1-22(2)18-15(19(26-25-18)24-20(29)16-10-11-23-32-16)12-28(22)21(30)31-17(13-27(3)4)14-8-6-5-7-9-14;;;;/h5-12,22H,13-15H2,1-4H3,(H,29,30,33);5-7,10-11,18,21H,8-9,12-16H2,1-4H3,(H,26,27,30);7-11,15,19H,12-14H2,1-6H3,(H,24,25,28);5-11,17H,12-13H2,1-4H3,(H2,24,25,26,29);4*1H2/t;21-;15-,19+;17-;;;;/m.101..../s1. The third kappa shape index (κ3) is 25.3. The molecular weight excluding hydrogens is 1800 g/mol. The number of amides is 8. The fourth-order valence-electron chi connectivity index (χ4n) is 17.0. The summed E-state index contributed by atoms with van der Waals surface area (Å²) in [6, 6.07) is 43.0. The van der Waals surface area contributed by atoms with Crippen LogP contribution in [0.3, 0.4) is 0 Å². The number of aromatic nitrogens is 3. The zero-order valence-electron chi connectivity index (χ0n) is 79.3. The topological polar surface area (TPSA) is 349 Å². The van der Waals surface area contributed by atoms with Gasteiger partial charge in [-0.05, 0) is 183 Å². The van der Waals surface area contributed by atoms with Gasteiger partial charge in [-0.2, -0.15) is 59.1 Å². The highest BCUT2D eigenvalue weighted by molar-refractivity contribution is 7.59. The van der Waals surface area contributed by atoms with Crippen LogP contribution in [0.15, 0.2) is 205 Å². The van der Waals surface area contributed by atoms with Gasteiger partial charge in [0.2, 0.25) is 11.7 Å². The summed E-state index contributed by atoms with van der Waals surface area (Å²) >= 11 is 0. The normalized spacial score (nSPS) is 17.7. The Hall–Kier alpha value is -11.2. The van der Waals surface area contributed by atoms with Gasteiger partial charge in [0.1, 0.15) is 59.7 Å². The first-order valence-corrected chi connectivity index (χ1v) is 43.5. The number of nitrogens with zero attached hydrogens (tertiary/aromatic N) is 13. The molecule has 38 heteroatoms. The highest BCUT2D eigenvalue weighted by Crippen LogP contribution is 2.45. The second-order valence-electron chi connectivity index (χ2n) is 36.3. The Balaban J connectivity index is 0.000000218. The fraction of sp³-hybridized carbons (Fsp3) is 0.448. The Morgan fingerprint density at radius 3 is 1.17 bits per heavy atom. The summed E-state index contributed by atoms with van der Waals surface area (Å²) in [6.07, 6.45) is 1.65. The number of H-pyrrole nitrogens is 1.